The van der Waals surface area contributed by atoms with Gasteiger partial charge in [-0.2, -0.15) is 0 Å². The molecule has 0 aliphatic carbocycles. The van der Waals surface area contributed by atoms with Gasteiger partial charge in [-0.25, -0.2) is 8.78 Å². The van der Waals surface area contributed by atoms with Gasteiger partial charge < -0.3 is 15.8 Å². The van der Waals surface area contributed by atoms with Crippen LogP contribution in [0.15, 0.2) is 36.4 Å². The molecule has 6 heteroatoms. The molecule has 2 aromatic rings. The lowest BCUT2D eigenvalue weighted by Gasteiger charge is -2.13. The molecule has 0 fully saturated rings. The number of rotatable bonds is 4. The number of hydrogen-bond donors (Lipinski definition) is 2. The minimum absolute atomic E-state index is 0.00393. The summed E-state index contributed by atoms with van der Waals surface area (Å²) in [5.41, 5.74) is 6.57. The van der Waals surface area contributed by atoms with Crippen molar-refractivity contribution >= 4 is 28.6 Å². The van der Waals surface area contributed by atoms with E-state index >= 15 is 0 Å². The molecule has 0 bridgehead atoms. The first-order chi connectivity index (χ1) is 9.51. The van der Waals surface area contributed by atoms with Crippen LogP contribution in [0.2, 0.25) is 0 Å². The van der Waals surface area contributed by atoms with Gasteiger partial charge in [-0.3, -0.25) is 0 Å². The molecule has 2 aromatic carbocycles. The third kappa shape index (κ3) is 3.03. The number of nitrogens with two attached hydrogens (primary N) is 1. The second kappa shape index (κ2) is 5.83. The van der Waals surface area contributed by atoms with Gasteiger partial charge in [-0.15, -0.1) is 0 Å². The molecule has 0 aliphatic heterocycles. The minimum atomic E-state index is -0.580. The highest BCUT2D eigenvalue weighted by atomic mass is 32.1. The maximum absolute atomic E-state index is 13.6. The van der Waals surface area contributed by atoms with Gasteiger partial charge in [0.25, 0.3) is 0 Å². The van der Waals surface area contributed by atoms with Gasteiger partial charge in [-0.1, -0.05) is 12.2 Å². The Bertz CT molecular complexity index is 662. The Morgan fingerprint density at radius 3 is 2.55 bits per heavy atom. The molecule has 104 valence electrons. The second-order valence-electron chi connectivity index (χ2n) is 4.02. The van der Waals surface area contributed by atoms with E-state index in [4.69, 9.17) is 22.7 Å². The van der Waals surface area contributed by atoms with E-state index in [0.29, 0.717) is 17.0 Å². The molecule has 0 aliphatic rings. The van der Waals surface area contributed by atoms with Gasteiger partial charge in [0.15, 0.2) is 0 Å². The largest absolute Gasteiger partial charge is 0.497 e. The molecule has 0 unspecified atom stereocenters. The summed E-state index contributed by atoms with van der Waals surface area (Å²) in [6, 6.07) is 8.08. The lowest BCUT2D eigenvalue weighted by Crippen LogP contribution is -2.12. The van der Waals surface area contributed by atoms with Crippen LogP contribution in [0.5, 0.6) is 5.75 Å². The lowest BCUT2D eigenvalue weighted by atomic mass is 10.1. The van der Waals surface area contributed by atoms with Crippen LogP contribution >= 0.6 is 12.2 Å². The van der Waals surface area contributed by atoms with Crippen LogP contribution in [0.3, 0.4) is 0 Å². The molecule has 3 nitrogen and oxygen atoms in total. The average Bonchev–Trinajstić information content (AvgIpc) is 2.42. The van der Waals surface area contributed by atoms with Gasteiger partial charge >= 0.3 is 0 Å². The molecule has 20 heavy (non-hydrogen) atoms. The maximum atomic E-state index is 13.6. The molecule has 0 atom stereocenters. The summed E-state index contributed by atoms with van der Waals surface area (Å²) in [6.07, 6.45) is 0. The number of thiocarbonyl (C=S) groups is 1. The van der Waals surface area contributed by atoms with Crippen molar-refractivity contribution in [2.45, 2.75) is 0 Å². The van der Waals surface area contributed by atoms with Crippen molar-refractivity contribution in [3.63, 3.8) is 0 Å². The normalized spacial score (nSPS) is 10.2. The van der Waals surface area contributed by atoms with Gasteiger partial charge in [0.2, 0.25) is 0 Å². The molecular formula is C14H12F2N2OS. The molecule has 0 saturated carbocycles. The van der Waals surface area contributed by atoms with Gasteiger partial charge in [0.05, 0.1) is 18.5 Å². The minimum Gasteiger partial charge on any atom is -0.497 e. The quantitative estimate of drug-likeness (QED) is 0.849. The standard InChI is InChI=1S/C14H12F2N2OS/c1-19-9-3-4-10(14(17)20)12(7-9)18-13-6-8(15)2-5-11(13)16/h2-7,18H,1H3,(H2,17,20). The summed E-state index contributed by atoms with van der Waals surface area (Å²) >= 11 is 4.93. The van der Waals surface area contributed by atoms with E-state index in [-0.39, 0.29) is 10.7 Å². The predicted molar refractivity (Wildman–Crippen MR) is 78.5 cm³/mol. The Morgan fingerprint density at radius 1 is 1.15 bits per heavy atom. The van der Waals surface area contributed by atoms with Gasteiger partial charge in [0.1, 0.15) is 22.4 Å². The summed E-state index contributed by atoms with van der Waals surface area (Å²) in [7, 11) is 1.50. The van der Waals surface area contributed by atoms with E-state index in [0.717, 1.165) is 18.2 Å². The van der Waals surface area contributed by atoms with Crippen molar-refractivity contribution in [2.75, 3.05) is 12.4 Å². The van der Waals surface area contributed by atoms with Crippen molar-refractivity contribution in [3.8, 4) is 5.75 Å². The van der Waals surface area contributed by atoms with E-state index in [1.54, 1.807) is 18.2 Å². The molecule has 0 saturated heterocycles. The first kappa shape index (κ1) is 14.2. The SMILES string of the molecule is COc1ccc(C(N)=S)c(Nc2cc(F)ccc2F)c1. The third-order valence-corrected chi connectivity index (χ3v) is 2.91. The first-order valence-electron chi connectivity index (χ1n) is 5.71. The van der Waals surface area contributed by atoms with Crippen molar-refractivity contribution in [1.29, 1.82) is 0 Å². The van der Waals surface area contributed by atoms with Crippen molar-refractivity contribution in [2.24, 2.45) is 5.73 Å². The number of nitrogens with one attached hydrogen (secondary N) is 1. The summed E-state index contributed by atoms with van der Waals surface area (Å²) in [4.78, 5) is 0.145. The third-order valence-electron chi connectivity index (χ3n) is 2.69. The monoisotopic (exact) mass is 294 g/mol. The number of benzene rings is 2. The summed E-state index contributed by atoms with van der Waals surface area (Å²) in [6.45, 7) is 0. The lowest BCUT2D eigenvalue weighted by molar-refractivity contribution is 0.415. The van der Waals surface area contributed by atoms with Gasteiger partial charge in [-0.05, 0) is 24.3 Å². The fourth-order valence-corrected chi connectivity index (χ4v) is 1.88. The van der Waals surface area contributed by atoms with Crippen LogP contribution in [0.1, 0.15) is 5.56 Å². The Hall–Kier alpha value is -2.21. The molecule has 0 aromatic heterocycles. The van der Waals surface area contributed by atoms with Gasteiger partial charge in [0, 0.05) is 17.7 Å². The van der Waals surface area contributed by atoms with Crippen molar-refractivity contribution < 1.29 is 13.5 Å². The van der Waals surface area contributed by atoms with Crippen LogP contribution in [0, 0.1) is 11.6 Å². The average molecular weight is 294 g/mol. The highest BCUT2D eigenvalue weighted by molar-refractivity contribution is 7.80. The molecule has 0 heterocycles. The number of ether oxygens (including phenoxy) is 1. The zero-order valence-electron chi connectivity index (χ0n) is 10.6. The van der Waals surface area contributed by atoms with E-state index in [1.807, 2.05) is 0 Å². The highest BCUT2D eigenvalue weighted by Gasteiger charge is 2.10. The molecule has 0 spiro atoms. The maximum Gasteiger partial charge on any atom is 0.146 e. The molecular weight excluding hydrogens is 282 g/mol. The summed E-state index contributed by atoms with van der Waals surface area (Å²) in [5.74, 6) is -0.582. The van der Waals surface area contributed by atoms with Crippen molar-refractivity contribution in [1.82, 2.24) is 0 Å². The molecule has 3 N–H and O–H groups in total. The van der Waals surface area contributed by atoms with E-state index in [1.165, 1.54) is 7.11 Å². The fourth-order valence-electron chi connectivity index (χ4n) is 1.71. The van der Waals surface area contributed by atoms with E-state index < -0.39 is 11.6 Å². The number of methoxy groups -OCH3 is 1. The Balaban J connectivity index is 2.45. The Morgan fingerprint density at radius 2 is 1.90 bits per heavy atom. The molecule has 0 radical (unpaired) electrons. The van der Waals surface area contributed by atoms with Crippen LogP contribution in [-0.2, 0) is 0 Å². The van der Waals surface area contributed by atoms with Crippen molar-refractivity contribution in [3.05, 3.63) is 53.6 Å². The highest BCUT2D eigenvalue weighted by Crippen LogP contribution is 2.27. The summed E-state index contributed by atoms with van der Waals surface area (Å²) in [5, 5.41) is 2.78. The number of halogens is 2. The summed E-state index contributed by atoms with van der Waals surface area (Å²) < 4.78 is 31.9. The fraction of sp³-hybridized carbons (Fsp3) is 0.0714. The molecule has 0 amide bonds. The first-order valence-corrected chi connectivity index (χ1v) is 6.12. The van der Waals surface area contributed by atoms with Crippen LogP contribution in [-0.4, -0.2) is 12.1 Å². The zero-order chi connectivity index (χ0) is 14.7. The van der Waals surface area contributed by atoms with Crippen LogP contribution in [0.4, 0.5) is 20.2 Å². The second-order valence-corrected chi connectivity index (χ2v) is 4.46. The van der Waals surface area contributed by atoms with Crippen LogP contribution < -0.4 is 15.8 Å². The smallest absolute Gasteiger partial charge is 0.146 e. The predicted octanol–water partition coefficient (Wildman–Crippen LogP) is 3.35. The number of hydrogen-bond acceptors (Lipinski definition) is 3. The zero-order valence-corrected chi connectivity index (χ0v) is 11.4. The van der Waals surface area contributed by atoms with E-state index in [9.17, 15) is 8.78 Å². The Kier molecular flexibility index (Phi) is 4.14. The number of anilines is 2. The van der Waals surface area contributed by atoms with Crippen LogP contribution in [0.25, 0.3) is 0 Å². The van der Waals surface area contributed by atoms with E-state index in [2.05, 4.69) is 5.32 Å². The topological polar surface area (TPSA) is 47.3 Å². The molecule has 2 rings (SSSR count). The Labute approximate surface area is 120 Å².